The molecule has 7 nitrogen and oxygen atoms in total. The van der Waals surface area contributed by atoms with Crippen molar-refractivity contribution in [2.75, 3.05) is 11.9 Å². The normalized spacial score (nSPS) is 16.3. The molecule has 0 unspecified atom stereocenters. The molecule has 0 atom stereocenters. The molecule has 120 valence electrons. The van der Waals surface area contributed by atoms with Crippen LogP contribution in [-0.4, -0.2) is 25.2 Å². The first kappa shape index (κ1) is 14.9. The van der Waals surface area contributed by atoms with Crippen molar-refractivity contribution in [2.45, 2.75) is 45.1 Å². The van der Waals surface area contributed by atoms with Gasteiger partial charge in [-0.05, 0) is 19.8 Å². The monoisotopic (exact) mass is 305 g/mol. The Kier molecular flexibility index (Phi) is 3.80. The summed E-state index contributed by atoms with van der Waals surface area (Å²) in [4.78, 5) is 29.2. The lowest BCUT2D eigenvalue weighted by Gasteiger charge is -2.25. The van der Waals surface area contributed by atoms with Gasteiger partial charge in [0.05, 0.1) is 0 Å². The molecule has 1 fully saturated rings. The first-order valence-corrected chi connectivity index (χ1v) is 7.98. The van der Waals surface area contributed by atoms with Crippen molar-refractivity contribution in [3.05, 3.63) is 20.8 Å². The fourth-order valence-corrected chi connectivity index (χ4v) is 3.42. The van der Waals surface area contributed by atoms with E-state index in [1.54, 1.807) is 11.6 Å². The van der Waals surface area contributed by atoms with Gasteiger partial charge in [0.1, 0.15) is 0 Å². The first-order chi connectivity index (χ1) is 10.6. The Morgan fingerprint density at radius 2 is 1.82 bits per heavy atom. The lowest BCUT2D eigenvalue weighted by molar-refractivity contribution is 0.359. The summed E-state index contributed by atoms with van der Waals surface area (Å²) in [5.41, 5.74) is 0.367. The lowest BCUT2D eigenvalue weighted by Crippen LogP contribution is -2.37. The van der Waals surface area contributed by atoms with Gasteiger partial charge in [0.2, 0.25) is 5.95 Å². The van der Waals surface area contributed by atoms with Crippen molar-refractivity contribution in [1.29, 1.82) is 0 Å². The number of hydrogen-bond acceptors (Lipinski definition) is 4. The van der Waals surface area contributed by atoms with Gasteiger partial charge in [0.25, 0.3) is 5.56 Å². The SMILES string of the molecule is CCNc1nc2c(=O)n(C)c(=O)n(C)c2n1C1CCCCC1. The van der Waals surface area contributed by atoms with Gasteiger partial charge in [-0.3, -0.25) is 18.5 Å². The second-order valence-electron chi connectivity index (χ2n) is 6.01. The van der Waals surface area contributed by atoms with Crippen LogP contribution in [-0.2, 0) is 14.1 Å². The molecule has 0 bridgehead atoms. The van der Waals surface area contributed by atoms with E-state index in [2.05, 4.69) is 14.9 Å². The van der Waals surface area contributed by atoms with Crippen LogP contribution in [0.5, 0.6) is 0 Å². The zero-order valence-corrected chi connectivity index (χ0v) is 13.4. The van der Waals surface area contributed by atoms with Crippen LogP contribution < -0.4 is 16.6 Å². The maximum Gasteiger partial charge on any atom is 0.332 e. The molecule has 1 N–H and O–H groups in total. The van der Waals surface area contributed by atoms with Crippen LogP contribution in [0.3, 0.4) is 0 Å². The van der Waals surface area contributed by atoms with Gasteiger partial charge in [-0.25, -0.2) is 9.78 Å². The number of nitrogens with one attached hydrogen (secondary N) is 1. The quantitative estimate of drug-likeness (QED) is 0.929. The predicted octanol–water partition coefficient (Wildman–Crippen LogP) is 1.37. The highest BCUT2D eigenvalue weighted by molar-refractivity contribution is 5.74. The molecule has 22 heavy (non-hydrogen) atoms. The molecule has 2 aromatic heterocycles. The van der Waals surface area contributed by atoms with Crippen LogP contribution in [0.15, 0.2) is 9.59 Å². The van der Waals surface area contributed by atoms with E-state index in [9.17, 15) is 9.59 Å². The molecule has 1 aliphatic carbocycles. The molecule has 1 aliphatic rings. The van der Waals surface area contributed by atoms with E-state index in [-0.39, 0.29) is 11.2 Å². The maximum atomic E-state index is 12.4. The third-order valence-corrected chi connectivity index (χ3v) is 4.56. The molecule has 2 aromatic rings. The summed E-state index contributed by atoms with van der Waals surface area (Å²) in [5.74, 6) is 0.697. The Balaban J connectivity index is 2.34. The van der Waals surface area contributed by atoms with Gasteiger partial charge in [0, 0.05) is 26.7 Å². The van der Waals surface area contributed by atoms with E-state index in [1.807, 2.05) is 6.92 Å². The van der Waals surface area contributed by atoms with Gasteiger partial charge < -0.3 is 5.32 Å². The molecule has 0 aliphatic heterocycles. The van der Waals surface area contributed by atoms with E-state index in [1.165, 1.54) is 26.3 Å². The van der Waals surface area contributed by atoms with E-state index in [4.69, 9.17) is 0 Å². The van der Waals surface area contributed by atoms with Crippen molar-refractivity contribution in [3.63, 3.8) is 0 Å². The maximum absolute atomic E-state index is 12.4. The highest BCUT2D eigenvalue weighted by Crippen LogP contribution is 2.33. The Morgan fingerprint density at radius 3 is 2.45 bits per heavy atom. The number of anilines is 1. The number of hydrogen-bond donors (Lipinski definition) is 1. The summed E-state index contributed by atoms with van der Waals surface area (Å²) in [5, 5.41) is 3.24. The minimum atomic E-state index is -0.327. The van der Waals surface area contributed by atoms with Crippen LogP contribution >= 0.6 is 0 Å². The molecule has 0 amide bonds. The molecule has 3 rings (SSSR count). The number of aromatic nitrogens is 4. The second-order valence-corrected chi connectivity index (χ2v) is 6.01. The van der Waals surface area contributed by atoms with E-state index in [0.29, 0.717) is 23.2 Å². The van der Waals surface area contributed by atoms with Gasteiger partial charge in [-0.2, -0.15) is 0 Å². The molecule has 0 saturated heterocycles. The Labute approximate surface area is 128 Å². The number of imidazole rings is 1. The Morgan fingerprint density at radius 1 is 1.14 bits per heavy atom. The molecule has 2 heterocycles. The van der Waals surface area contributed by atoms with E-state index >= 15 is 0 Å². The molecule has 0 aromatic carbocycles. The third-order valence-electron chi connectivity index (χ3n) is 4.56. The van der Waals surface area contributed by atoms with Crippen LogP contribution in [0, 0.1) is 0 Å². The largest absolute Gasteiger partial charge is 0.356 e. The molecular weight excluding hydrogens is 282 g/mol. The average Bonchev–Trinajstić information content (AvgIpc) is 2.91. The summed E-state index contributed by atoms with van der Waals surface area (Å²) >= 11 is 0. The summed E-state index contributed by atoms with van der Waals surface area (Å²) in [7, 11) is 3.21. The second kappa shape index (κ2) is 5.62. The van der Waals surface area contributed by atoms with Gasteiger partial charge in [-0.1, -0.05) is 19.3 Å². The molecule has 7 heteroatoms. The third kappa shape index (κ3) is 2.15. The number of nitrogens with zero attached hydrogens (tertiary/aromatic N) is 4. The topological polar surface area (TPSA) is 73.8 Å². The minimum absolute atomic E-state index is 0.297. The van der Waals surface area contributed by atoms with Crippen LogP contribution in [0.25, 0.3) is 11.2 Å². The number of aryl methyl sites for hydroxylation is 1. The first-order valence-electron chi connectivity index (χ1n) is 7.98. The average molecular weight is 305 g/mol. The Bertz CT molecular complexity index is 808. The fourth-order valence-electron chi connectivity index (χ4n) is 3.42. The number of fused-ring (bicyclic) bond motifs is 1. The fraction of sp³-hybridized carbons (Fsp3) is 0.667. The molecule has 0 radical (unpaired) electrons. The van der Waals surface area contributed by atoms with Crippen molar-refractivity contribution in [3.8, 4) is 0 Å². The van der Waals surface area contributed by atoms with Crippen LogP contribution in [0.2, 0.25) is 0 Å². The lowest BCUT2D eigenvalue weighted by atomic mass is 9.95. The summed E-state index contributed by atoms with van der Waals surface area (Å²) in [6.07, 6.45) is 5.73. The Hall–Kier alpha value is -2.05. The number of rotatable bonds is 3. The molecular formula is C15H23N5O2. The summed E-state index contributed by atoms with van der Waals surface area (Å²) in [6, 6.07) is 0.297. The van der Waals surface area contributed by atoms with E-state index in [0.717, 1.165) is 24.0 Å². The molecule has 1 saturated carbocycles. The predicted molar refractivity (Wildman–Crippen MR) is 86.5 cm³/mol. The van der Waals surface area contributed by atoms with Gasteiger partial charge >= 0.3 is 5.69 Å². The zero-order valence-electron chi connectivity index (χ0n) is 13.4. The van der Waals surface area contributed by atoms with Crippen molar-refractivity contribution in [1.82, 2.24) is 18.7 Å². The highest BCUT2D eigenvalue weighted by Gasteiger charge is 2.25. The smallest absolute Gasteiger partial charge is 0.332 e. The minimum Gasteiger partial charge on any atom is -0.356 e. The summed E-state index contributed by atoms with van der Waals surface area (Å²) < 4.78 is 4.73. The molecule has 0 spiro atoms. The van der Waals surface area contributed by atoms with Crippen molar-refractivity contribution >= 4 is 17.1 Å². The van der Waals surface area contributed by atoms with Crippen LogP contribution in [0.4, 0.5) is 5.95 Å². The van der Waals surface area contributed by atoms with Crippen LogP contribution in [0.1, 0.15) is 45.1 Å². The van der Waals surface area contributed by atoms with Crippen molar-refractivity contribution < 1.29 is 0 Å². The summed E-state index contributed by atoms with van der Waals surface area (Å²) in [6.45, 7) is 2.73. The van der Waals surface area contributed by atoms with E-state index < -0.39 is 0 Å². The zero-order chi connectivity index (χ0) is 15.9. The standard InChI is InChI=1S/C15H23N5O2/c1-4-16-14-17-11-12(18(2)15(22)19(3)13(11)21)20(14)10-8-6-5-7-9-10/h10H,4-9H2,1-3H3,(H,16,17). The van der Waals surface area contributed by atoms with Gasteiger partial charge in [-0.15, -0.1) is 0 Å². The van der Waals surface area contributed by atoms with Crippen molar-refractivity contribution in [2.24, 2.45) is 14.1 Å². The van der Waals surface area contributed by atoms with Gasteiger partial charge in [0.15, 0.2) is 11.2 Å². The highest BCUT2D eigenvalue weighted by atomic mass is 16.2.